The highest BCUT2D eigenvalue weighted by Gasteiger charge is 2.09. The number of hydrogen-bond donors (Lipinski definition) is 4. The summed E-state index contributed by atoms with van der Waals surface area (Å²) in [6.45, 7) is 0.764. The van der Waals surface area contributed by atoms with Crippen LogP contribution in [0.5, 0.6) is 11.5 Å². The van der Waals surface area contributed by atoms with Crippen molar-refractivity contribution in [3.63, 3.8) is 0 Å². The lowest BCUT2D eigenvalue weighted by Gasteiger charge is -2.09. The molecule has 0 spiro atoms. The van der Waals surface area contributed by atoms with Gasteiger partial charge in [-0.05, 0) is 29.3 Å². The molecule has 0 radical (unpaired) electrons. The summed E-state index contributed by atoms with van der Waals surface area (Å²) >= 11 is 0. The number of aromatic hydroxyl groups is 2. The van der Waals surface area contributed by atoms with E-state index in [1.807, 2.05) is 24.3 Å². The summed E-state index contributed by atoms with van der Waals surface area (Å²) in [5.41, 5.74) is 7.84. The van der Waals surface area contributed by atoms with Crippen molar-refractivity contribution in [1.29, 1.82) is 0 Å². The highest BCUT2D eigenvalue weighted by molar-refractivity contribution is 5.94. The van der Waals surface area contributed by atoms with Crippen LogP contribution in [0.3, 0.4) is 0 Å². The van der Waals surface area contributed by atoms with Crippen LogP contribution in [0.1, 0.15) is 21.5 Å². The molecule has 104 valence electrons. The molecule has 20 heavy (non-hydrogen) atoms. The van der Waals surface area contributed by atoms with Crippen molar-refractivity contribution in [2.24, 2.45) is 5.73 Å². The van der Waals surface area contributed by atoms with Crippen LogP contribution in [-0.4, -0.2) is 16.1 Å². The number of hydrogen-bond acceptors (Lipinski definition) is 4. The van der Waals surface area contributed by atoms with E-state index in [2.05, 4.69) is 5.32 Å². The van der Waals surface area contributed by atoms with Crippen molar-refractivity contribution in [1.82, 2.24) is 5.32 Å². The number of benzene rings is 2. The Kier molecular flexibility index (Phi) is 4.22. The third-order valence-electron chi connectivity index (χ3n) is 3.02. The molecule has 2 aromatic carbocycles. The van der Waals surface area contributed by atoms with E-state index in [4.69, 9.17) is 5.73 Å². The van der Waals surface area contributed by atoms with Crippen molar-refractivity contribution in [3.8, 4) is 11.5 Å². The van der Waals surface area contributed by atoms with Gasteiger partial charge in [0, 0.05) is 18.7 Å². The Labute approximate surface area is 116 Å². The first-order valence-electron chi connectivity index (χ1n) is 6.19. The highest BCUT2D eigenvalue weighted by Crippen LogP contribution is 2.24. The number of carbonyl (C=O) groups is 1. The predicted octanol–water partition coefficient (Wildman–Crippen LogP) is 1.49. The van der Waals surface area contributed by atoms with E-state index < -0.39 is 0 Å². The number of nitrogens with two attached hydrogens (primary N) is 1. The molecule has 0 atom stereocenters. The van der Waals surface area contributed by atoms with Gasteiger partial charge in [0.1, 0.15) is 0 Å². The van der Waals surface area contributed by atoms with Gasteiger partial charge in [-0.3, -0.25) is 4.79 Å². The fraction of sp³-hybridized carbons (Fsp3) is 0.133. The Hall–Kier alpha value is -2.53. The fourth-order valence-corrected chi connectivity index (χ4v) is 1.87. The molecule has 5 heteroatoms. The second-order valence-electron chi connectivity index (χ2n) is 4.36. The van der Waals surface area contributed by atoms with E-state index in [1.54, 1.807) is 0 Å². The zero-order valence-corrected chi connectivity index (χ0v) is 10.8. The third-order valence-corrected chi connectivity index (χ3v) is 3.02. The second kappa shape index (κ2) is 6.08. The number of rotatable bonds is 4. The largest absolute Gasteiger partial charge is 0.504 e. The van der Waals surface area contributed by atoms with Crippen LogP contribution in [-0.2, 0) is 13.1 Å². The standard InChI is InChI=1S/C15H16N2O3/c16-8-11-3-1-2-4-12(11)9-17-15(20)10-5-6-13(18)14(19)7-10/h1-7,18-19H,8-9,16H2,(H,17,20). The van der Waals surface area contributed by atoms with Crippen LogP contribution >= 0.6 is 0 Å². The molecule has 2 rings (SSSR count). The quantitative estimate of drug-likeness (QED) is 0.634. The maximum atomic E-state index is 11.9. The molecule has 0 aromatic heterocycles. The molecule has 2 aromatic rings. The van der Waals surface area contributed by atoms with Gasteiger partial charge in [-0.1, -0.05) is 24.3 Å². The molecule has 0 bridgehead atoms. The van der Waals surface area contributed by atoms with E-state index in [1.165, 1.54) is 18.2 Å². The molecule has 0 aliphatic carbocycles. The maximum Gasteiger partial charge on any atom is 0.251 e. The zero-order chi connectivity index (χ0) is 14.5. The topological polar surface area (TPSA) is 95.6 Å². The smallest absolute Gasteiger partial charge is 0.251 e. The normalized spacial score (nSPS) is 10.2. The Morgan fingerprint density at radius 2 is 1.75 bits per heavy atom. The van der Waals surface area contributed by atoms with Gasteiger partial charge in [0.05, 0.1) is 0 Å². The second-order valence-corrected chi connectivity index (χ2v) is 4.36. The molecule has 0 heterocycles. The number of amides is 1. The lowest BCUT2D eigenvalue weighted by atomic mass is 10.1. The van der Waals surface area contributed by atoms with Gasteiger partial charge >= 0.3 is 0 Å². The summed E-state index contributed by atoms with van der Waals surface area (Å²) in [6, 6.07) is 11.5. The van der Waals surface area contributed by atoms with Gasteiger partial charge in [0.2, 0.25) is 0 Å². The van der Waals surface area contributed by atoms with Crippen molar-refractivity contribution in [2.75, 3.05) is 0 Å². The van der Waals surface area contributed by atoms with Crippen LogP contribution in [0, 0.1) is 0 Å². The van der Waals surface area contributed by atoms with E-state index in [9.17, 15) is 15.0 Å². The Balaban J connectivity index is 2.06. The molecule has 0 unspecified atom stereocenters. The minimum Gasteiger partial charge on any atom is -0.504 e. The average Bonchev–Trinajstić information content (AvgIpc) is 2.47. The van der Waals surface area contributed by atoms with Gasteiger partial charge < -0.3 is 21.3 Å². The van der Waals surface area contributed by atoms with Crippen LogP contribution in [0.25, 0.3) is 0 Å². The van der Waals surface area contributed by atoms with Crippen LogP contribution in [0.2, 0.25) is 0 Å². The van der Waals surface area contributed by atoms with Crippen LogP contribution in [0.15, 0.2) is 42.5 Å². The monoisotopic (exact) mass is 272 g/mol. The maximum absolute atomic E-state index is 11.9. The molecule has 0 saturated carbocycles. The van der Waals surface area contributed by atoms with E-state index in [0.717, 1.165) is 11.1 Å². The molecule has 0 saturated heterocycles. The van der Waals surface area contributed by atoms with Gasteiger partial charge in [-0.2, -0.15) is 0 Å². The van der Waals surface area contributed by atoms with E-state index in [-0.39, 0.29) is 23.0 Å². The Bertz CT molecular complexity index is 626. The zero-order valence-electron chi connectivity index (χ0n) is 10.8. The summed E-state index contributed by atoms with van der Waals surface area (Å²) in [6.07, 6.45) is 0. The molecule has 0 aliphatic rings. The average molecular weight is 272 g/mol. The molecular formula is C15H16N2O3. The van der Waals surface area contributed by atoms with E-state index >= 15 is 0 Å². The highest BCUT2D eigenvalue weighted by atomic mass is 16.3. The minimum absolute atomic E-state index is 0.255. The summed E-state index contributed by atoms with van der Waals surface area (Å²) in [4.78, 5) is 11.9. The summed E-state index contributed by atoms with van der Waals surface area (Å²) < 4.78 is 0. The SMILES string of the molecule is NCc1ccccc1CNC(=O)c1ccc(O)c(O)c1. The Morgan fingerprint density at radius 1 is 1.05 bits per heavy atom. The molecule has 5 nitrogen and oxygen atoms in total. The molecule has 5 N–H and O–H groups in total. The predicted molar refractivity (Wildman–Crippen MR) is 75.3 cm³/mol. The molecule has 0 aliphatic heterocycles. The number of phenols is 2. The molecule has 0 fully saturated rings. The van der Waals surface area contributed by atoms with Crippen molar-refractivity contribution >= 4 is 5.91 Å². The number of carbonyl (C=O) groups excluding carboxylic acids is 1. The Morgan fingerprint density at radius 3 is 2.40 bits per heavy atom. The minimum atomic E-state index is -0.327. The first-order chi connectivity index (χ1) is 9.61. The van der Waals surface area contributed by atoms with Crippen molar-refractivity contribution in [2.45, 2.75) is 13.1 Å². The number of phenolic OH excluding ortho intramolecular Hbond substituents is 2. The summed E-state index contributed by atoms with van der Waals surface area (Å²) in [7, 11) is 0. The van der Waals surface area contributed by atoms with Crippen LogP contribution in [0.4, 0.5) is 0 Å². The van der Waals surface area contributed by atoms with Gasteiger partial charge in [-0.15, -0.1) is 0 Å². The van der Waals surface area contributed by atoms with Gasteiger partial charge in [-0.25, -0.2) is 0 Å². The number of nitrogens with one attached hydrogen (secondary N) is 1. The third kappa shape index (κ3) is 3.07. The summed E-state index contributed by atoms with van der Waals surface area (Å²) in [5, 5.41) is 21.3. The van der Waals surface area contributed by atoms with Gasteiger partial charge in [0.25, 0.3) is 5.91 Å². The van der Waals surface area contributed by atoms with Gasteiger partial charge in [0.15, 0.2) is 11.5 Å². The van der Waals surface area contributed by atoms with Crippen molar-refractivity contribution < 1.29 is 15.0 Å². The molecular weight excluding hydrogens is 256 g/mol. The lowest BCUT2D eigenvalue weighted by molar-refractivity contribution is 0.0950. The van der Waals surface area contributed by atoms with E-state index in [0.29, 0.717) is 13.1 Å². The molecule has 1 amide bonds. The first kappa shape index (κ1) is 13.9. The first-order valence-corrected chi connectivity index (χ1v) is 6.19. The lowest BCUT2D eigenvalue weighted by Crippen LogP contribution is -2.23. The van der Waals surface area contributed by atoms with Crippen LogP contribution < -0.4 is 11.1 Å². The summed E-state index contributed by atoms with van der Waals surface area (Å²) in [5.74, 6) is -0.901. The van der Waals surface area contributed by atoms with Crippen molar-refractivity contribution in [3.05, 3.63) is 59.2 Å². The fourth-order valence-electron chi connectivity index (χ4n) is 1.87.